The number of para-hydroxylation sites is 2. The van der Waals surface area contributed by atoms with Crippen molar-refractivity contribution < 1.29 is 9.47 Å². The van der Waals surface area contributed by atoms with Gasteiger partial charge in [-0.25, -0.2) is 4.98 Å². The summed E-state index contributed by atoms with van der Waals surface area (Å²) in [5.74, 6) is 2.43. The molecular weight excluding hydrogens is 298 g/mol. The molecule has 24 heavy (non-hydrogen) atoms. The third-order valence-electron chi connectivity index (χ3n) is 3.88. The lowest BCUT2D eigenvalue weighted by molar-refractivity contribution is 0.340. The summed E-state index contributed by atoms with van der Waals surface area (Å²) in [7, 11) is 0. The maximum Gasteiger partial charge on any atom is 0.146 e. The van der Waals surface area contributed by atoms with Gasteiger partial charge in [-0.3, -0.25) is 0 Å². The van der Waals surface area contributed by atoms with E-state index in [4.69, 9.17) is 14.5 Å². The minimum atomic E-state index is 0.626. The van der Waals surface area contributed by atoms with Crippen molar-refractivity contribution in [2.75, 3.05) is 6.61 Å². The molecule has 0 saturated heterocycles. The Balaban J connectivity index is 1.98. The van der Waals surface area contributed by atoms with Crippen molar-refractivity contribution >= 4 is 21.8 Å². The number of fused-ring (bicyclic) bond motifs is 2. The number of aromatic nitrogens is 1. The molecule has 0 atom stereocenters. The fraction of sp³-hybridized carbons (Fsp3) is 0.0952. The van der Waals surface area contributed by atoms with Gasteiger partial charge >= 0.3 is 0 Å². The summed E-state index contributed by atoms with van der Waals surface area (Å²) in [4.78, 5) is 4.75. The van der Waals surface area contributed by atoms with Gasteiger partial charge in [0.2, 0.25) is 0 Å². The molecule has 1 heterocycles. The minimum absolute atomic E-state index is 0.626. The number of benzene rings is 3. The number of nitrogens with zero attached hydrogens (tertiary/aromatic N) is 1. The number of ether oxygens (including phenoxy) is 2. The van der Waals surface area contributed by atoms with Gasteiger partial charge in [0.25, 0.3) is 0 Å². The summed E-state index contributed by atoms with van der Waals surface area (Å²) in [6.45, 7) is 2.60. The van der Waals surface area contributed by atoms with Crippen molar-refractivity contribution in [1.82, 2.24) is 4.98 Å². The van der Waals surface area contributed by atoms with Gasteiger partial charge in [-0.1, -0.05) is 30.3 Å². The van der Waals surface area contributed by atoms with E-state index in [0.29, 0.717) is 6.61 Å². The molecular formula is C21H17NO2. The average Bonchev–Trinajstić information content (AvgIpc) is 2.63. The number of hydrogen-bond donors (Lipinski definition) is 0. The maximum absolute atomic E-state index is 6.24. The van der Waals surface area contributed by atoms with Crippen LogP contribution in [0.5, 0.6) is 17.2 Å². The second-order valence-electron chi connectivity index (χ2n) is 5.49. The molecule has 0 fully saturated rings. The van der Waals surface area contributed by atoms with Crippen LogP contribution in [-0.4, -0.2) is 11.6 Å². The van der Waals surface area contributed by atoms with Gasteiger partial charge in [0.05, 0.1) is 17.6 Å². The third-order valence-corrected chi connectivity index (χ3v) is 3.88. The predicted molar refractivity (Wildman–Crippen MR) is 96.9 cm³/mol. The zero-order valence-corrected chi connectivity index (χ0v) is 13.4. The van der Waals surface area contributed by atoms with Gasteiger partial charge < -0.3 is 9.47 Å². The Morgan fingerprint density at radius 2 is 1.50 bits per heavy atom. The molecule has 3 aromatic carbocycles. The third kappa shape index (κ3) is 2.65. The van der Waals surface area contributed by atoms with E-state index >= 15 is 0 Å². The minimum Gasteiger partial charge on any atom is -0.494 e. The fourth-order valence-electron chi connectivity index (χ4n) is 2.81. The number of hydrogen-bond acceptors (Lipinski definition) is 3. The van der Waals surface area contributed by atoms with Crippen LogP contribution in [0.1, 0.15) is 6.92 Å². The highest BCUT2D eigenvalue weighted by Gasteiger charge is 2.12. The van der Waals surface area contributed by atoms with Crippen molar-refractivity contribution in [3.63, 3.8) is 0 Å². The van der Waals surface area contributed by atoms with Gasteiger partial charge in [0, 0.05) is 10.8 Å². The Labute approximate surface area is 140 Å². The highest BCUT2D eigenvalue weighted by molar-refractivity contribution is 6.01. The summed E-state index contributed by atoms with van der Waals surface area (Å²) >= 11 is 0. The lowest BCUT2D eigenvalue weighted by Crippen LogP contribution is -1.94. The van der Waals surface area contributed by atoms with Crippen LogP contribution < -0.4 is 9.47 Å². The lowest BCUT2D eigenvalue weighted by atomic mass is 10.1. The summed E-state index contributed by atoms with van der Waals surface area (Å²) in [5, 5.41) is 1.94. The molecule has 3 nitrogen and oxygen atoms in total. The standard InChI is InChI=1S/C21H17NO2/c1-2-23-16-12-13-20-18(14-16)21(24-15-8-4-3-5-9-15)17-10-6-7-11-19(17)22-20/h3-14H,2H2,1H3. The Bertz CT molecular complexity index is 996. The quantitative estimate of drug-likeness (QED) is 0.461. The molecule has 0 aliphatic heterocycles. The van der Waals surface area contributed by atoms with Crippen molar-refractivity contribution in [2.24, 2.45) is 0 Å². The summed E-state index contributed by atoms with van der Waals surface area (Å²) in [6, 6.07) is 23.8. The van der Waals surface area contributed by atoms with Crippen LogP contribution in [0.25, 0.3) is 21.8 Å². The Morgan fingerprint density at radius 1 is 0.750 bits per heavy atom. The first kappa shape index (κ1) is 14.5. The molecule has 4 rings (SSSR count). The fourth-order valence-corrected chi connectivity index (χ4v) is 2.81. The zero-order valence-electron chi connectivity index (χ0n) is 13.4. The molecule has 0 amide bonds. The predicted octanol–water partition coefficient (Wildman–Crippen LogP) is 5.58. The highest BCUT2D eigenvalue weighted by atomic mass is 16.5. The van der Waals surface area contributed by atoms with E-state index < -0.39 is 0 Å². The second kappa shape index (κ2) is 6.20. The zero-order chi connectivity index (χ0) is 16.4. The highest BCUT2D eigenvalue weighted by Crippen LogP contribution is 2.37. The molecule has 0 aliphatic rings. The Kier molecular flexibility index (Phi) is 3.75. The van der Waals surface area contributed by atoms with Crippen molar-refractivity contribution in [2.45, 2.75) is 6.92 Å². The SMILES string of the molecule is CCOc1ccc2nc3ccccc3c(Oc3ccccc3)c2c1. The molecule has 0 spiro atoms. The molecule has 0 N–H and O–H groups in total. The average molecular weight is 315 g/mol. The Hall–Kier alpha value is -3.07. The Morgan fingerprint density at radius 3 is 2.33 bits per heavy atom. The van der Waals surface area contributed by atoms with Crippen molar-refractivity contribution in [3.8, 4) is 17.2 Å². The molecule has 0 radical (unpaired) electrons. The molecule has 1 aromatic heterocycles. The summed E-state index contributed by atoms with van der Waals surface area (Å²) in [5.41, 5.74) is 1.81. The van der Waals surface area contributed by atoms with Crippen LogP contribution in [0.2, 0.25) is 0 Å². The van der Waals surface area contributed by atoms with Crippen LogP contribution in [-0.2, 0) is 0 Å². The topological polar surface area (TPSA) is 31.4 Å². The van der Waals surface area contributed by atoms with Crippen molar-refractivity contribution in [3.05, 3.63) is 72.8 Å². The molecule has 0 saturated carbocycles. The van der Waals surface area contributed by atoms with E-state index in [1.165, 1.54) is 0 Å². The smallest absolute Gasteiger partial charge is 0.146 e. The van der Waals surface area contributed by atoms with E-state index in [0.717, 1.165) is 39.1 Å². The van der Waals surface area contributed by atoms with Crippen LogP contribution in [0.4, 0.5) is 0 Å². The second-order valence-corrected chi connectivity index (χ2v) is 5.49. The van der Waals surface area contributed by atoms with Crippen LogP contribution >= 0.6 is 0 Å². The normalized spacial score (nSPS) is 10.9. The van der Waals surface area contributed by atoms with E-state index in [1.54, 1.807) is 0 Å². The van der Waals surface area contributed by atoms with Gasteiger partial charge in [-0.2, -0.15) is 0 Å². The molecule has 4 aromatic rings. The monoisotopic (exact) mass is 315 g/mol. The molecule has 118 valence electrons. The van der Waals surface area contributed by atoms with E-state index in [9.17, 15) is 0 Å². The van der Waals surface area contributed by atoms with Crippen LogP contribution in [0.3, 0.4) is 0 Å². The van der Waals surface area contributed by atoms with Crippen LogP contribution in [0.15, 0.2) is 72.8 Å². The van der Waals surface area contributed by atoms with Gasteiger partial charge in [-0.15, -0.1) is 0 Å². The molecule has 0 bridgehead atoms. The van der Waals surface area contributed by atoms with E-state index in [1.807, 2.05) is 79.7 Å². The van der Waals surface area contributed by atoms with E-state index in [-0.39, 0.29) is 0 Å². The molecule has 3 heteroatoms. The first-order valence-electron chi connectivity index (χ1n) is 8.03. The van der Waals surface area contributed by atoms with Gasteiger partial charge in [-0.05, 0) is 49.4 Å². The number of pyridine rings is 1. The first-order valence-corrected chi connectivity index (χ1v) is 8.03. The first-order chi connectivity index (χ1) is 11.8. The maximum atomic E-state index is 6.24. The summed E-state index contributed by atoms with van der Waals surface area (Å²) in [6.07, 6.45) is 0. The van der Waals surface area contributed by atoms with Gasteiger partial charge in [0.1, 0.15) is 17.2 Å². The molecule has 0 unspecified atom stereocenters. The van der Waals surface area contributed by atoms with Crippen molar-refractivity contribution in [1.29, 1.82) is 0 Å². The van der Waals surface area contributed by atoms with Gasteiger partial charge in [0.15, 0.2) is 0 Å². The van der Waals surface area contributed by atoms with Crippen LogP contribution in [0, 0.1) is 0 Å². The lowest BCUT2D eigenvalue weighted by Gasteiger charge is -2.13. The molecule has 0 aliphatic carbocycles. The van der Waals surface area contributed by atoms with E-state index in [2.05, 4.69) is 0 Å². The largest absolute Gasteiger partial charge is 0.494 e. The summed E-state index contributed by atoms with van der Waals surface area (Å²) < 4.78 is 11.9. The number of rotatable bonds is 4.